The molecule has 0 bridgehead atoms. The van der Waals surface area contributed by atoms with Crippen molar-refractivity contribution < 1.29 is 4.79 Å². The first-order chi connectivity index (χ1) is 12.5. The number of halogens is 2. The Hall–Kier alpha value is -2.36. The van der Waals surface area contributed by atoms with Crippen molar-refractivity contribution in [3.05, 3.63) is 93.2 Å². The normalized spacial score (nSPS) is 10.6. The molecule has 1 heterocycles. The van der Waals surface area contributed by atoms with E-state index in [1.54, 1.807) is 4.90 Å². The summed E-state index contributed by atoms with van der Waals surface area (Å²) in [7, 11) is 0. The van der Waals surface area contributed by atoms with Gasteiger partial charge in [0.2, 0.25) is 0 Å². The molecule has 1 amide bonds. The second-order valence-corrected chi connectivity index (χ2v) is 6.94. The Balaban J connectivity index is 2.07. The van der Waals surface area contributed by atoms with Crippen LogP contribution in [-0.2, 0) is 6.54 Å². The SMILES string of the molecule is Cc1ccc(C(=O)N(Cc2ccccc2)c2c(Cl)cncc2Cl)cc1C. The minimum Gasteiger partial charge on any atom is -0.301 e. The van der Waals surface area contributed by atoms with E-state index in [4.69, 9.17) is 23.2 Å². The first-order valence-corrected chi connectivity index (χ1v) is 8.95. The lowest BCUT2D eigenvalue weighted by atomic mass is 10.0. The summed E-state index contributed by atoms with van der Waals surface area (Å²) in [6, 6.07) is 15.4. The number of amides is 1. The Morgan fingerprint density at radius 2 is 1.62 bits per heavy atom. The summed E-state index contributed by atoms with van der Waals surface area (Å²) in [5, 5.41) is 0.677. The molecule has 3 nitrogen and oxygen atoms in total. The smallest absolute Gasteiger partial charge is 0.258 e. The van der Waals surface area contributed by atoms with E-state index in [1.165, 1.54) is 12.4 Å². The van der Waals surface area contributed by atoms with Crippen LogP contribution in [0, 0.1) is 13.8 Å². The van der Waals surface area contributed by atoms with E-state index in [1.807, 2.05) is 62.4 Å². The summed E-state index contributed by atoms with van der Waals surface area (Å²) < 4.78 is 0. The number of rotatable bonds is 4. The number of carbonyl (C=O) groups excluding carboxylic acids is 1. The molecule has 3 rings (SSSR count). The van der Waals surface area contributed by atoms with E-state index in [9.17, 15) is 4.79 Å². The Morgan fingerprint density at radius 3 is 2.23 bits per heavy atom. The fraction of sp³-hybridized carbons (Fsp3) is 0.143. The van der Waals surface area contributed by atoms with Crippen molar-refractivity contribution in [2.24, 2.45) is 0 Å². The molecule has 0 aliphatic rings. The molecule has 0 saturated heterocycles. The van der Waals surface area contributed by atoms with Gasteiger partial charge in [0.1, 0.15) is 0 Å². The standard InChI is InChI=1S/C21H18Cl2N2O/c1-14-8-9-17(10-15(14)2)21(26)25(13-16-6-4-3-5-7-16)20-18(22)11-24-12-19(20)23/h3-12H,13H2,1-2H3. The van der Waals surface area contributed by atoms with Gasteiger partial charge in [0.05, 0.1) is 22.3 Å². The number of carbonyl (C=O) groups is 1. The highest BCUT2D eigenvalue weighted by Gasteiger charge is 2.23. The molecule has 26 heavy (non-hydrogen) atoms. The van der Waals surface area contributed by atoms with E-state index in [2.05, 4.69) is 4.98 Å². The van der Waals surface area contributed by atoms with E-state index < -0.39 is 0 Å². The third kappa shape index (κ3) is 3.90. The number of pyridine rings is 1. The summed E-state index contributed by atoms with van der Waals surface area (Å²) in [5.74, 6) is -0.160. The van der Waals surface area contributed by atoms with Crippen LogP contribution in [0.3, 0.4) is 0 Å². The van der Waals surface area contributed by atoms with Crippen LogP contribution in [0.1, 0.15) is 27.0 Å². The maximum absolute atomic E-state index is 13.3. The van der Waals surface area contributed by atoms with Crippen molar-refractivity contribution in [2.75, 3.05) is 4.90 Å². The molecule has 0 aliphatic heterocycles. The lowest BCUT2D eigenvalue weighted by molar-refractivity contribution is 0.0985. The van der Waals surface area contributed by atoms with Crippen LogP contribution < -0.4 is 4.90 Å². The van der Waals surface area contributed by atoms with Crippen LogP contribution in [0.25, 0.3) is 0 Å². The fourth-order valence-corrected chi connectivity index (χ4v) is 3.28. The van der Waals surface area contributed by atoms with Gasteiger partial charge in [-0.15, -0.1) is 0 Å². The predicted octanol–water partition coefficient (Wildman–Crippen LogP) is 5.85. The maximum Gasteiger partial charge on any atom is 0.258 e. The number of nitrogens with zero attached hydrogens (tertiary/aromatic N) is 2. The van der Waals surface area contributed by atoms with Crippen LogP contribution in [0.2, 0.25) is 10.0 Å². The lowest BCUT2D eigenvalue weighted by Crippen LogP contribution is -2.31. The first kappa shape index (κ1) is 18.4. The van der Waals surface area contributed by atoms with Gasteiger partial charge in [0.25, 0.3) is 5.91 Å². The Morgan fingerprint density at radius 1 is 0.962 bits per heavy atom. The molecular formula is C21H18Cl2N2O. The van der Waals surface area contributed by atoms with Crippen molar-refractivity contribution in [1.29, 1.82) is 0 Å². The Labute approximate surface area is 163 Å². The topological polar surface area (TPSA) is 33.2 Å². The van der Waals surface area contributed by atoms with Gasteiger partial charge in [-0.3, -0.25) is 9.78 Å². The van der Waals surface area contributed by atoms with Crippen LogP contribution in [0.15, 0.2) is 60.9 Å². The number of anilines is 1. The summed E-state index contributed by atoms with van der Waals surface area (Å²) in [5.41, 5.74) is 4.23. The molecular weight excluding hydrogens is 367 g/mol. The first-order valence-electron chi connectivity index (χ1n) is 8.19. The van der Waals surface area contributed by atoms with E-state index in [0.29, 0.717) is 27.8 Å². The molecule has 0 aliphatic carbocycles. The molecule has 0 saturated carbocycles. The molecule has 1 aromatic heterocycles. The van der Waals surface area contributed by atoms with Gasteiger partial charge in [0.15, 0.2) is 0 Å². The summed E-state index contributed by atoms with van der Waals surface area (Å²) >= 11 is 12.7. The van der Waals surface area contributed by atoms with Gasteiger partial charge in [-0.1, -0.05) is 59.6 Å². The second-order valence-electron chi connectivity index (χ2n) is 6.13. The molecule has 0 atom stereocenters. The molecule has 0 radical (unpaired) electrons. The zero-order chi connectivity index (χ0) is 18.7. The molecule has 0 fully saturated rings. The third-order valence-electron chi connectivity index (χ3n) is 4.28. The number of hydrogen-bond donors (Lipinski definition) is 0. The molecule has 0 N–H and O–H groups in total. The van der Waals surface area contributed by atoms with Gasteiger partial charge in [-0.25, -0.2) is 0 Å². The summed E-state index contributed by atoms with van der Waals surface area (Å²) in [4.78, 5) is 18.9. The molecule has 2 aromatic carbocycles. The van der Waals surface area contributed by atoms with Gasteiger partial charge >= 0.3 is 0 Å². The summed E-state index contributed by atoms with van der Waals surface area (Å²) in [6.07, 6.45) is 2.99. The number of aromatic nitrogens is 1. The van der Waals surface area contributed by atoms with E-state index in [0.717, 1.165) is 16.7 Å². The average molecular weight is 385 g/mol. The highest BCUT2D eigenvalue weighted by molar-refractivity contribution is 6.40. The van der Waals surface area contributed by atoms with Crippen molar-refractivity contribution >= 4 is 34.8 Å². The number of benzene rings is 2. The van der Waals surface area contributed by atoms with Gasteiger partial charge < -0.3 is 4.90 Å². The minimum absolute atomic E-state index is 0.160. The average Bonchev–Trinajstić information content (AvgIpc) is 2.63. The predicted molar refractivity (Wildman–Crippen MR) is 107 cm³/mol. The van der Waals surface area contributed by atoms with E-state index in [-0.39, 0.29) is 5.91 Å². The van der Waals surface area contributed by atoms with Crippen molar-refractivity contribution in [2.45, 2.75) is 20.4 Å². The highest BCUT2D eigenvalue weighted by atomic mass is 35.5. The van der Waals surface area contributed by atoms with E-state index >= 15 is 0 Å². The monoisotopic (exact) mass is 384 g/mol. The zero-order valence-electron chi connectivity index (χ0n) is 14.5. The largest absolute Gasteiger partial charge is 0.301 e. The van der Waals surface area contributed by atoms with Crippen LogP contribution in [0.5, 0.6) is 0 Å². The van der Waals surface area contributed by atoms with Crippen LogP contribution in [0.4, 0.5) is 5.69 Å². The molecule has 5 heteroatoms. The number of hydrogen-bond acceptors (Lipinski definition) is 2. The molecule has 0 unspecified atom stereocenters. The second kappa shape index (κ2) is 7.90. The lowest BCUT2D eigenvalue weighted by Gasteiger charge is -2.25. The fourth-order valence-electron chi connectivity index (χ4n) is 2.71. The maximum atomic E-state index is 13.3. The van der Waals surface area contributed by atoms with Crippen molar-refractivity contribution in [1.82, 2.24) is 4.98 Å². The summed E-state index contributed by atoms with van der Waals surface area (Å²) in [6.45, 7) is 4.36. The minimum atomic E-state index is -0.160. The van der Waals surface area contributed by atoms with Crippen LogP contribution in [-0.4, -0.2) is 10.9 Å². The Kier molecular flexibility index (Phi) is 5.60. The van der Waals surface area contributed by atoms with Crippen molar-refractivity contribution in [3.8, 4) is 0 Å². The molecule has 3 aromatic rings. The molecule has 0 spiro atoms. The quantitative estimate of drug-likeness (QED) is 0.564. The van der Waals surface area contributed by atoms with Gasteiger partial charge in [-0.05, 0) is 42.7 Å². The zero-order valence-corrected chi connectivity index (χ0v) is 16.1. The third-order valence-corrected chi connectivity index (χ3v) is 4.83. The molecule has 132 valence electrons. The van der Waals surface area contributed by atoms with Gasteiger partial charge in [0, 0.05) is 18.0 Å². The van der Waals surface area contributed by atoms with Gasteiger partial charge in [-0.2, -0.15) is 0 Å². The Bertz CT molecular complexity index is 922. The van der Waals surface area contributed by atoms with Crippen LogP contribution >= 0.6 is 23.2 Å². The highest BCUT2D eigenvalue weighted by Crippen LogP contribution is 2.34. The number of aryl methyl sites for hydroxylation is 2. The van der Waals surface area contributed by atoms with Crippen molar-refractivity contribution in [3.63, 3.8) is 0 Å².